The molecule has 0 aliphatic heterocycles. The molecule has 1 heterocycles. The van der Waals surface area contributed by atoms with Gasteiger partial charge in [-0.2, -0.15) is 0 Å². The first-order valence-electron chi connectivity index (χ1n) is 3.78. The summed E-state index contributed by atoms with van der Waals surface area (Å²) in [6.45, 7) is 0. The Bertz CT molecular complexity index is 475. The van der Waals surface area contributed by atoms with Crippen molar-refractivity contribution < 1.29 is 9.90 Å². The van der Waals surface area contributed by atoms with Crippen molar-refractivity contribution in [3.63, 3.8) is 0 Å². The summed E-state index contributed by atoms with van der Waals surface area (Å²) in [7, 11) is 5.54. The molecule has 0 saturated carbocycles. The Balaban J connectivity index is 2.68. The average Bonchev–Trinajstić information content (AvgIpc) is 2.46. The third kappa shape index (κ3) is 1.31. The lowest BCUT2D eigenvalue weighted by atomic mass is 9.96. The Kier molecular flexibility index (Phi) is 1.62. The summed E-state index contributed by atoms with van der Waals surface area (Å²) in [5, 5.41) is 9.55. The number of hydrogen-bond donors (Lipinski definition) is 2. The van der Waals surface area contributed by atoms with E-state index in [0.717, 1.165) is 10.9 Å². The highest BCUT2D eigenvalue weighted by molar-refractivity contribution is 6.33. The van der Waals surface area contributed by atoms with Crippen LogP contribution in [0, 0.1) is 0 Å². The van der Waals surface area contributed by atoms with Crippen molar-refractivity contribution in [3.05, 3.63) is 30.0 Å². The van der Waals surface area contributed by atoms with Crippen molar-refractivity contribution in [1.82, 2.24) is 4.98 Å². The monoisotopic (exact) mass is 171 g/mol. The van der Waals surface area contributed by atoms with Gasteiger partial charge >= 0.3 is 5.97 Å². The van der Waals surface area contributed by atoms with Crippen LogP contribution in [0.25, 0.3) is 10.9 Å². The molecule has 62 valence electrons. The molecule has 0 atom stereocenters. The van der Waals surface area contributed by atoms with Crippen LogP contribution in [0.4, 0.5) is 0 Å². The summed E-state index contributed by atoms with van der Waals surface area (Å²) in [4.78, 5) is 13.3. The van der Waals surface area contributed by atoms with Gasteiger partial charge in [0.2, 0.25) is 0 Å². The predicted octanol–water partition coefficient (Wildman–Crippen LogP) is 0.660. The molecule has 13 heavy (non-hydrogen) atoms. The zero-order chi connectivity index (χ0) is 9.42. The number of hydrogen-bond acceptors (Lipinski definition) is 1. The van der Waals surface area contributed by atoms with Gasteiger partial charge < -0.3 is 10.1 Å². The summed E-state index contributed by atoms with van der Waals surface area (Å²) in [5.41, 5.74) is 1.55. The number of nitrogens with one attached hydrogen (secondary N) is 1. The topological polar surface area (TPSA) is 53.1 Å². The van der Waals surface area contributed by atoms with Crippen LogP contribution in [0.15, 0.2) is 24.3 Å². The van der Waals surface area contributed by atoms with Crippen LogP contribution in [0.2, 0.25) is 0 Å². The minimum absolute atomic E-state index is 0.181. The number of benzene rings is 1. The standard InChI is InChI=1S/C9H6BNO2/c10-6-2-1-5-3-8(9(12)13)11-7(5)4-6/h1-4,11H,(H,12,13). The molecule has 0 spiro atoms. The highest BCUT2D eigenvalue weighted by atomic mass is 16.4. The summed E-state index contributed by atoms with van der Waals surface area (Å²) in [5.74, 6) is -0.963. The van der Waals surface area contributed by atoms with Crippen molar-refractivity contribution in [3.8, 4) is 0 Å². The van der Waals surface area contributed by atoms with E-state index in [-0.39, 0.29) is 5.69 Å². The van der Waals surface area contributed by atoms with Crippen LogP contribution in [-0.2, 0) is 0 Å². The summed E-state index contributed by atoms with van der Waals surface area (Å²) < 4.78 is 0. The number of carboxylic acids is 1. The van der Waals surface area contributed by atoms with Crippen molar-refractivity contribution >= 4 is 30.2 Å². The van der Waals surface area contributed by atoms with Crippen molar-refractivity contribution in [2.45, 2.75) is 0 Å². The number of rotatable bonds is 1. The van der Waals surface area contributed by atoms with E-state index in [9.17, 15) is 4.79 Å². The lowest BCUT2D eigenvalue weighted by Crippen LogP contribution is -1.99. The van der Waals surface area contributed by atoms with Crippen LogP contribution in [-0.4, -0.2) is 23.9 Å². The van der Waals surface area contributed by atoms with E-state index in [1.165, 1.54) is 0 Å². The van der Waals surface area contributed by atoms with Gasteiger partial charge in [-0.15, -0.1) is 0 Å². The van der Waals surface area contributed by atoms with Crippen LogP contribution >= 0.6 is 0 Å². The second kappa shape index (κ2) is 2.66. The SMILES string of the molecule is [B]c1ccc2cc(C(=O)O)[nH]c2c1. The zero-order valence-electron chi connectivity index (χ0n) is 6.74. The summed E-state index contributed by atoms with van der Waals surface area (Å²) in [6, 6.07) is 6.81. The number of fused-ring (bicyclic) bond motifs is 1. The first kappa shape index (κ1) is 7.92. The first-order valence-corrected chi connectivity index (χ1v) is 3.78. The van der Waals surface area contributed by atoms with Gasteiger partial charge in [0, 0.05) is 10.9 Å². The van der Waals surface area contributed by atoms with E-state index < -0.39 is 5.97 Å². The molecule has 0 amide bonds. The number of carbonyl (C=O) groups is 1. The number of carboxylic acid groups (broad SMARTS) is 1. The minimum atomic E-state index is -0.963. The smallest absolute Gasteiger partial charge is 0.352 e. The summed E-state index contributed by atoms with van der Waals surface area (Å²) >= 11 is 0. The van der Waals surface area contributed by atoms with E-state index in [1.54, 1.807) is 24.3 Å². The lowest BCUT2D eigenvalue weighted by molar-refractivity contribution is 0.0691. The van der Waals surface area contributed by atoms with Gasteiger partial charge in [0.15, 0.2) is 0 Å². The normalized spacial score (nSPS) is 10.5. The molecule has 3 nitrogen and oxygen atoms in total. The largest absolute Gasteiger partial charge is 0.477 e. The fourth-order valence-corrected chi connectivity index (χ4v) is 1.26. The Labute approximate surface area is 75.8 Å². The maximum Gasteiger partial charge on any atom is 0.352 e. The van der Waals surface area contributed by atoms with Gasteiger partial charge in [-0.3, -0.25) is 0 Å². The molecule has 0 bridgehead atoms. The molecule has 1 aromatic carbocycles. The van der Waals surface area contributed by atoms with Crippen LogP contribution < -0.4 is 5.46 Å². The number of aromatic carboxylic acids is 1. The van der Waals surface area contributed by atoms with Gasteiger partial charge in [0.05, 0.1) is 0 Å². The second-order valence-electron chi connectivity index (χ2n) is 2.83. The Morgan fingerprint density at radius 2 is 2.15 bits per heavy atom. The predicted molar refractivity (Wildman–Crippen MR) is 50.6 cm³/mol. The van der Waals surface area contributed by atoms with Gasteiger partial charge in [-0.1, -0.05) is 17.6 Å². The third-order valence-electron chi connectivity index (χ3n) is 1.88. The number of aromatic nitrogens is 1. The highest BCUT2D eigenvalue weighted by Crippen LogP contribution is 2.13. The first-order chi connectivity index (χ1) is 6.16. The molecule has 4 heteroatoms. The zero-order valence-corrected chi connectivity index (χ0v) is 6.74. The molecule has 2 radical (unpaired) electrons. The van der Waals surface area contributed by atoms with Gasteiger partial charge in [0.25, 0.3) is 0 Å². The van der Waals surface area contributed by atoms with E-state index in [1.807, 2.05) is 0 Å². The number of H-pyrrole nitrogens is 1. The lowest BCUT2D eigenvalue weighted by Gasteiger charge is -1.91. The molecule has 2 aromatic rings. The van der Waals surface area contributed by atoms with Crippen LogP contribution in [0.3, 0.4) is 0 Å². The molecular formula is C9H6BNO2. The molecule has 2 N–H and O–H groups in total. The number of aromatic amines is 1. The molecule has 0 aliphatic rings. The molecule has 2 rings (SSSR count). The Hall–Kier alpha value is -1.71. The van der Waals surface area contributed by atoms with Crippen molar-refractivity contribution in [2.24, 2.45) is 0 Å². The fourth-order valence-electron chi connectivity index (χ4n) is 1.26. The minimum Gasteiger partial charge on any atom is -0.477 e. The quantitative estimate of drug-likeness (QED) is 0.619. The maximum atomic E-state index is 10.6. The van der Waals surface area contributed by atoms with Gasteiger partial charge in [-0.25, -0.2) is 4.79 Å². The van der Waals surface area contributed by atoms with E-state index in [0.29, 0.717) is 5.46 Å². The average molecular weight is 171 g/mol. The molecule has 0 saturated heterocycles. The molecule has 0 fully saturated rings. The van der Waals surface area contributed by atoms with Crippen molar-refractivity contribution in [2.75, 3.05) is 0 Å². The fraction of sp³-hybridized carbons (Fsp3) is 0. The molecule has 0 unspecified atom stereocenters. The summed E-state index contributed by atoms with van der Waals surface area (Å²) in [6.07, 6.45) is 0. The van der Waals surface area contributed by atoms with Gasteiger partial charge in [0.1, 0.15) is 13.5 Å². The van der Waals surface area contributed by atoms with Gasteiger partial charge in [-0.05, 0) is 12.1 Å². The molecule has 1 aromatic heterocycles. The second-order valence-corrected chi connectivity index (χ2v) is 2.83. The van der Waals surface area contributed by atoms with E-state index in [4.69, 9.17) is 13.0 Å². The van der Waals surface area contributed by atoms with E-state index >= 15 is 0 Å². The molecule has 0 aliphatic carbocycles. The van der Waals surface area contributed by atoms with E-state index in [2.05, 4.69) is 4.98 Å². The van der Waals surface area contributed by atoms with Crippen LogP contribution in [0.5, 0.6) is 0 Å². The van der Waals surface area contributed by atoms with Crippen molar-refractivity contribution in [1.29, 1.82) is 0 Å². The molecular weight excluding hydrogens is 165 g/mol. The van der Waals surface area contributed by atoms with Crippen LogP contribution in [0.1, 0.15) is 10.5 Å². The maximum absolute atomic E-state index is 10.6. The third-order valence-corrected chi connectivity index (χ3v) is 1.88. The highest BCUT2D eigenvalue weighted by Gasteiger charge is 2.06. The Morgan fingerprint density at radius 3 is 2.85 bits per heavy atom. The Morgan fingerprint density at radius 1 is 1.38 bits per heavy atom.